The Morgan fingerprint density at radius 1 is 1.16 bits per heavy atom. The van der Waals surface area contributed by atoms with E-state index in [9.17, 15) is 4.79 Å². The molecular formula is C19H19ClN4O. The van der Waals surface area contributed by atoms with Crippen molar-refractivity contribution in [2.24, 2.45) is 5.73 Å². The van der Waals surface area contributed by atoms with Gasteiger partial charge in [-0.1, -0.05) is 29.8 Å². The van der Waals surface area contributed by atoms with Crippen molar-refractivity contribution in [1.82, 2.24) is 10.3 Å². The van der Waals surface area contributed by atoms with Crippen molar-refractivity contribution in [3.8, 4) is 0 Å². The third-order valence-corrected chi connectivity index (χ3v) is 4.30. The highest BCUT2D eigenvalue weighted by Crippen LogP contribution is 2.19. The van der Waals surface area contributed by atoms with Crippen LogP contribution in [0.5, 0.6) is 0 Å². The molecule has 0 aliphatic heterocycles. The van der Waals surface area contributed by atoms with Crippen molar-refractivity contribution < 1.29 is 4.79 Å². The predicted molar refractivity (Wildman–Crippen MR) is 101 cm³/mol. The predicted octanol–water partition coefficient (Wildman–Crippen LogP) is 3.01. The van der Waals surface area contributed by atoms with Gasteiger partial charge in [-0.15, -0.1) is 0 Å². The standard InChI is InChI=1S/C19H19ClN4O/c20-14-4-1-12(2-5-14)10-18(25)23-8-7-13-3-6-17-15(9-13)16(11-24-17)19(21)22/h1-6,9,11,24H,7-8,10H2,(H3,21,22)(H,23,25). The molecule has 1 heterocycles. The van der Waals surface area contributed by atoms with E-state index in [-0.39, 0.29) is 11.7 Å². The number of benzene rings is 2. The molecule has 25 heavy (non-hydrogen) atoms. The van der Waals surface area contributed by atoms with Gasteiger partial charge < -0.3 is 16.0 Å². The normalized spacial score (nSPS) is 10.8. The fraction of sp³-hybridized carbons (Fsp3) is 0.158. The largest absolute Gasteiger partial charge is 0.384 e. The van der Waals surface area contributed by atoms with E-state index in [2.05, 4.69) is 10.3 Å². The van der Waals surface area contributed by atoms with Gasteiger partial charge in [0, 0.05) is 34.2 Å². The maximum atomic E-state index is 12.0. The van der Waals surface area contributed by atoms with Crippen LogP contribution < -0.4 is 11.1 Å². The highest BCUT2D eigenvalue weighted by atomic mass is 35.5. The molecule has 0 spiro atoms. The van der Waals surface area contributed by atoms with Gasteiger partial charge in [-0.3, -0.25) is 10.2 Å². The summed E-state index contributed by atoms with van der Waals surface area (Å²) in [5, 5.41) is 12.1. The highest BCUT2D eigenvalue weighted by molar-refractivity contribution is 6.30. The lowest BCUT2D eigenvalue weighted by atomic mass is 10.1. The quantitative estimate of drug-likeness (QED) is 0.404. The molecule has 0 saturated heterocycles. The molecule has 0 aliphatic rings. The molecule has 2 aromatic carbocycles. The number of nitrogens with two attached hydrogens (primary N) is 1. The molecule has 0 atom stereocenters. The number of fused-ring (bicyclic) bond motifs is 1. The average molecular weight is 355 g/mol. The van der Waals surface area contributed by atoms with Gasteiger partial charge in [0.05, 0.1) is 6.42 Å². The van der Waals surface area contributed by atoms with Crippen LogP contribution in [0.25, 0.3) is 10.9 Å². The monoisotopic (exact) mass is 354 g/mol. The van der Waals surface area contributed by atoms with Gasteiger partial charge in [-0.25, -0.2) is 0 Å². The first-order valence-electron chi connectivity index (χ1n) is 7.98. The van der Waals surface area contributed by atoms with Crippen molar-refractivity contribution in [1.29, 1.82) is 5.41 Å². The van der Waals surface area contributed by atoms with E-state index in [1.165, 1.54) is 0 Å². The zero-order chi connectivity index (χ0) is 17.8. The fourth-order valence-electron chi connectivity index (χ4n) is 2.74. The van der Waals surface area contributed by atoms with Gasteiger partial charge in [0.1, 0.15) is 5.84 Å². The Balaban J connectivity index is 1.57. The number of nitrogens with one attached hydrogen (secondary N) is 3. The third-order valence-electron chi connectivity index (χ3n) is 4.05. The molecule has 5 N–H and O–H groups in total. The van der Waals surface area contributed by atoms with Gasteiger partial charge in [0.25, 0.3) is 0 Å². The summed E-state index contributed by atoms with van der Waals surface area (Å²) in [7, 11) is 0. The van der Waals surface area contributed by atoms with Crippen LogP contribution in [0.4, 0.5) is 0 Å². The lowest BCUT2D eigenvalue weighted by Crippen LogP contribution is -2.27. The number of amidine groups is 1. The smallest absolute Gasteiger partial charge is 0.224 e. The molecule has 3 rings (SSSR count). The summed E-state index contributed by atoms with van der Waals surface area (Å²) in [5.74, 6) is 0.0223. The van der Waals surface area contributed by atoms with Crippen molar-refractivity contribution in [3.63, 3.8) is 0 Å². The van der Waals surface area contributed by atoms with Crippen LogP contribution in [0, 0.1) is 5.41 Å². The SMILES string of the molecule is N=C(N)c1c[nH]c2ccc(CCNC(=O)Cc3ccc(Cl)cc3)cc12. The van der Waals surface area contributed by atoms with Crippen LogP contribution in [0.15, 0.2) is 48.7 Å². The molecule has 0 aliphatic carbocycles. The minimum Gasteiger partial charge on any atom is -0.384 e. The molecule has 3 aromatic rings. The third kappa shape index (κ3) is 4.19. The molecule has 0 radical (unpaired) electrons. The molecule has 1 amide bonds. The Labute approximate surface area is 150 Å². The van der Waals surface area contributed by atoms with Gasteiger partial charge in [0.2, 0.25) is 5.91 Å². The molecule has 0 saturated carbocycles. The second-order valence-electron chi connectivity index (χ2n) is 5.90. The summed E-state index contributed by atoms with van der Waals surface area (Å²) >= 11 is 5.84. The zero-order valence-corrected chi connectivity index (χ0v) is 14.4. The van der Waals surface area contributed by atoms with E-state index in [1.54, 1.807) is 18.3 Å². The van der Waals surface area contributed by atoms with E-state index in [0.717, 1.165) is 22.0 Å². The Hall–Kier alpha value is -2.79. The van der Waals surface area contributed by atoms with Gasteiger partial charge >= 0.3 is 0 Å². The molecule has 0 bridgehead atoms. The molecule has 0 fully saturated rings. The Bertz CT molecular complexity index is 915. The number of halogens is 1. The van der Waals surface area contributed by atoms with Gasteiger partial charge in [0.15, 0.2) is 0 Å². The minimum atomic E-state index is -0.0190. The number of hydrogen-bond acceptors (Lipinski definition) is 2. The van der Waals surface area contributed by atoms with Crippen molar-refractivity contribution in [2.45, 2.75) is 12.8 Å². The van der Waals surface area contributed by atoms with Crippen LogP contribution >= 0.6 is 11.6 Å². The fourth-order valence-corrected chi connectivity index (χ4v) is 2.87. The second kappa shape index (κ2) is 7.40. The number of rotatable bonds is 6. The maximum Gasteiger partial charge on any atom is 0.224 e. The zero-order valence-electron chi connectivity index (χ0n) is 13.6. The van der Waals surface area contributed by atoms with E-state index < -0.39 is 0 Å². The summed E-state index contributed by atoms with van der Waals surface area (Å²) in [6.07, 6.45) is 2.79. The maximum absolute atomic E-state index is 12.0. The van der Waals surface area contributed by atoms with Crippen LogP contribution in [0.3, 0.4) is 0 Å². The molecule has 0 unspecified atom stereocenters. The second-order valence-corrected chi connectivity index (χ2v) is 6.34. The number of hydrogen-bond donors (Lipinski definition) is 4. The topological polar surface area (TPSA) is 94.8 Å². The lowest BCUT2D eigenvalue weighted by molar-refractivity contribution is -0.120. The first kappa shape index (κ1) is 17.0. The molecule has 1 aromatic heterocycles. The van der Waals surface area contributed by atoms with E-state index >= 15 is 0 Å². The summed E-state index contributed by atoms with van der Waals surface area (Å²) in [6, 6.07) is 13.2. The molecule has 6 heteroatoms. The van der Waals surface area contributed by atoms with Crippen LogP contribution in [0.1, 0.15) is 16.7 Å². The highest BCUT2D eigenvalue weighted by Gasteiger charge is 2.08. The first-order valence-corrected chi connectivity index (χ1v) is 8.36. The lowest BCUT2D eigenvalue weighted by Gasteiger charge is -2.06. The van der Waals surface area contributed by atoms with E-state index in [4.69, 9.17) is 22.7 Å². The van der Waals surface area contributed by atoms with Crippen molar-refractivity contribution in [2.75, 3.05) is 6.54 Å². The number of nitrogen functional groups attached to an aromatic ring is 1. The van der Waals surface area contributed by atoms with Crippen LogP contribution in [-0.2, 0) is 17.6 Å². The van der Waals surface area contributed by atoms with E-state index in [0.29, 0.717) is 30.0 Å². The van der Waals surface area contributed by atoms with E-state index in [1.807, 2.05) is 30.3 Å². The minimum absolute atomic E-state index is 0.0190. The number of aromatic amines is 1. The Morgan fingerprint density at radius 2 is 1.88 bits per heavy atom. The number of aromatic nitrogens is 1. The number of carbonyl (C=O) groups is 1. The average Bonchev–Trinajstić information content (AvgIpc) is 3.00. The molecule has 5 nitrogen and oxygen atoms in total. The summed E-state index contributed by atoms with van der Waals surface area (Å²) in [5.41, 5.74) is 9.25. The summed E-state index contributed by atoms with van der Waals surface area (Å²) in [4.78, 5) is 15.1. The van der Waals surface area contributed by atoms with Crippen molar-refractivity contribution in [3.05, 3.63) is 70.4 Å². The number of amides is 1. The number of carbonyl (C=O) groups excluding carboxylic acids is 1. The van der Waals surface area contributed by atoms with Gasteiger partial charge in [-0.05, 0) is 41.8 Å². The van der Waals surface area contributed by atoms with Crippen LogP contribution in [0.2, 0.25) is 5.02 Å². The first-order chi connectivity index (χ1) is 12.0. The molecular weight excluding hydrogens is 336 g/mol. The Kier molecular flexibility index (Phi) is 5.05. The molecule has 128 valence electrons. The van der Waals surface area contributed by atoms with Crippen molar-refractivity contribution >= 4 is 34.2 Å². The Morgan fingerprint density at radius 3 is 2.60 bits per heavy atom. The summed E-state index contributed by atoms with van der Waals surface area (Å²) in [6.45, 7) is 0.553. The summed E-state index contributed by atoms with van der Waals surface area (Å²) < 4.78 is 0. The number of H-pyrrole nitrogens is 1. The van der Waals surface area contributed by atoms with Gasteiger partial charge in [-0.2, -0.15) is 0 Å². The van der Waals surface area contributed by atoms with Crippen LogP contribution in [-0.4, -0.2) is 23.3 Å².